The predicted molar refractivity (Wildman–Crippen MR) is 81.6 cm³/mol. The maximum Gasteiger partial charge on any atom is 0.0696 e. The third kappa shape index (κ3) is 3.59. The Morgan fingerprint density at radius 2 is 1.95 bits per heavy atom. The molecule has 19 heavy (non-hydrogen) atoms. The van der Waals surface area contributed by atoms with E-state index >= 15 is 0 Å². The van der Waals surface area contributed by atoms with Gasteiger partial charge < -0.3 is 0 Å². The van der Waals surface area contributed by atoms with Gasteiger partial charge in [0.1, 0.15) is 0 Å². The Labute approximate surface area is 116 Å². The topological polar surface area (TPSA) is 17.3 Å². The third-order valence-electron chi connectivity index (χ3n) is 3.94. The molecule has 2 aromatic heterocycles. The highest BCUT2D eigenvalue weighted by atomic mass is 15.2. The van der Waals surface area contributed by atoms with Crippen molar-refractivity contribution in [2.75, 3.05) is 0 Å². The molecule has 0 saturated carbocycles. The Morgan fingerprint density at radius 3 is 2.74 bits per heavy atom. The lowest BCUT2D eigenvalue weighted by molar-refractivity contribution is 0.523. The molecule has 1 unspecified atom stereocenters. The van der Waals surface area contributed by atoms with Crippen molar-refractivity contribution < 1.29 is 0 Å². The fraction of sp³-hybridized carbons (Fsp3) is 0.588. The van der Waals surface area contributed by atoms with Gasteiger partial charge >= 0.3 is 0 Å². The number of pyridine rings is 1. The fourth-order valence-corrected chi connectivity index (χ4v) is 2.89. The van der Waals surface area contributed by atoms with E-state index in [4.69, 9.17) is 0 Å². The molecule has 0 aliphatic rings. The van der Waals surface area contributed by atoms with Crippen LogP contribution < -0.4 is 0 Å². The monoisotopic (exact) mass is 258 g/mol. The number of rotatable bonds is 8. The summed E-state index contributed by atoms with van der Waals surface area (Å²) in [5.41, 5.74) is 2.73. The van der Waals surface area contributed by atoms with Gasteiger partial charge in [0, 0.05) is 11.8 Å². The molecule has 0 aromatic carbocycles. The second-order valence-electron chi connectivity index (χ2n) is 5.47. The second kappa shape index (κ2) is 7.32. The standard InChI is InChI=1S/C17H26N2/c1-3-5-6-7-11-15(10-4-2)16-14-18-19-13-9-8-12-17(16)19/h8-9,12-15H,3-7,10-11H2,1-2H3. The van der Waals surface area contributed by atoms with Crippen LogP contribution in [-0.2, 0) is 0 Å². The Morgan fingerprint density at radius 1 is 1.05 bits per heavy atom. The predicted octanol–water partition coefficient (Wildman–Crippen LogP) is 5.19. The summed E-state index contributed by atoms with van der Waals surface area (Å²) in [4.78, 5) is 0. The lowest BCUT2D eigenvalue weighted by Crippen LogP contribution is -1.99. The minimum atomic E-state index is 0.682. The van der Waals surface area contributed by atoms with Crippen molar-refractivity contribution in [3.05, 3.63) is 36.2 Å². The van der Waals surface area contributed by atoms with Crippen molar-refractivity contribution >= 4 is 5.52 Å². The molecule has 0 N–H and O–H groups in total. The number of nitrogens with zero attached hydrogens (tertiary/aromatic N) is 2. The fourth-order valence-electron chi connectivity index (χ4n) is 2.89. The van der Waals surface area contributed by atoms with Gasteiger partial charge in [-0.1, -0.05) is 52.0 Å². The van der Waals surface area contributed by atoms with Gasteiger partial charge in [0.15, 0.2) is 0 Å². The molecule has 2 nitrogen and oxygen atoms in total. The summed E-state index contributed by atoms with van der Waals surface area (Å²) in [5.74, 6) is 0.682. The van der Waals surface area contributed by atoms with E-state index in [1.807, 2.05) is 16.8 Å². The van der Waals surface area contributed by atoms with Crippen molar-refractivity contribution in [1.82, 2.24) is 9.61 Å². The number of fused-ring (bicyclic) bond motifs is 1. The van der Waals surface area contributed by atoms with Gasteiger partial charge in [-0.2, -0.15) is 5.10 Å². The smallest absolute Gasteiger partial charge is 0.0696 e. The minimum Gasteiger partial charge on any atom is -0.241 e. The molecule has 2 heterocycles. The van der Waals surface area contributed by atoms with Crippen LogP contribution in [0.25, 0.3) is 5.52 Å². The highest BCUT2D eigenvalue weighted by molar-refractivity contribution is 5.54. The Hall–Kier alpha value is -1.31. The molecule has 0 aliphatic carbocycles. The lowest BCUT2D eigenvalue weighted by atomic mass is 9.90. The van der Waals surface area contributed by atoms with Crippen molar-refractivity contribution in [2.45, 2.75) is 64.7 Å². The summed E-state index contributed by atoms with van der Waals surface area (Å²) in [6, 6.07) is 6.34. The summed E-state index contributed by atoms with van der Waals surface area (Å²) >= 11 is 0. The van der Waals surface area contributed by atoms with Crippen LogP contribution in [0, 0.1) is 0 Å². The van der Waals surface area contributed by atoms with E-state index in [-0.39, 0.29) is 0 Å². The minimum absolute atomic E-state index is 0.682. The van der Waals surface area contributed by atoms with Crippen LogP contribution in [0.15, 0.2) is 30.6 Å². The molecule has 0 aliphatic heterocycles. The molecule has 0 bridgehead atoms. The highest BCUT2D eigenvalue weighted by Gasteiger charge is 2.15. The molecule has 2 heteroatoms. The maximum atomic E-state index is 4.48. The highest BCUT2D eigenvalue weighted by Crippen LogP contribution is 2.30. The number of hydrogen-bond acceptors (Lipinski definition) is 1. The molecule has 0 amide bonds. The SMILES string of the molecule is CCCCCCC(CCC)c1cnn2ccccc12. The third-order valence-corrected chi connectivity index (χ3v) is 3.94. The largest absolute Gasteiger partial charge is 0.241 e. The van der Waals surface area contributed by atoms with E-state index in [1.165, 1.54) is 56.0 Å². The maximum absolute atomic E-state index is 4.48. The van der Waals surface area contributed by atoms with Crippen LogP contribution in [0.2, 0.25) is 0 Å². The summed E-state index contributed by atoms with van der Waals surface area (Å²) in [6.45, 7) is 4.56. The zero-order chi connectivity index (χ0) is 13.5. The van der Waals surface area contributed by atoms with E-state index in [2.05, 4.69) is 37.3 Å². The van der Waals surface area contributed by atoms with Crippen LogP contribution in [0.1, 0.15) is 70.3 Å². The van der Waals surface area contributed by atoms with E-state index in [0.29, 0.717) is 5.92 Å². The number of hydrogen-bond donors (Lipinski definition) is 0. The van der Waals surface area contributed by atoms with Gasteiger partial charge in [-0.3, -0.25) is 0 Å². The van der Waals surface area contributed by atoms with Crippen molar-refractivity contribution in [1.29, 1.82) is 0 Å². The van der Waals surface area contributed by atoms with Crippen LogP contribution in [-0.4, -0.2) is 9.61 Å². The van der Waals surface area contributed by atoms with Gasteiger partial charge in [0.05, 0.1) is 11.7 Å². The summed E-state index contributed by atoms with van der Waals surface area (Å²) in [5, 5.41) is 4.48. The molecule has 2 rings (SSSR count). The van der Waals surface area contributed by atoms with Gasteiger partial charge in [0.25, 0.3) is 0 Å². The van der Waals surface area contributed by atoms with Gasteiger partial charge in [-0.15, -0.1) is 0 Å². The van der Waals surface area contributed by atoms with Crippen LogP contribution in [0.3, 0.4) is 0 Å². The first kappa shape index (κ1) is 14.1. The summed E-state index contributed by atoms with van der Waals surface area (Å²) < 4.78 is 2.00. The first-order valence-corrected chi connectivity index (χ1v) is 7.79. The quantitative estimate of drug-likeness (QED) is 0.596. The Bertz CT molecular complexity index is 487. The van der Waals surface area contributed by atoms with Crippen molar-refractivity contribution in [3.8, 4) is 0 Å². The first-order valence-electron chi connectivity index (χ1n) is 7.79. The van der Waals surface area contributed by atoms with Crippen molar-refractivity contribution in [3.63, 3.8) is 0 Å². The molecular weight excluding hydrogens is 232 g/mol. The lowest BCUT2D eigenvalue weighted by Gasteiger charge is -2.15. The van der Waals surface area contributed by atoms with Crippen LogP contribution in [0.5, 0.6) is 0 Å². The van der Waals surface area contributed by atoms with E-state index in [1.54, 1.807) is 0 Å². The first-order chi connectivity index (χ1) is 9.36. The van der Waals surface area contributed by atoms with Crippen LogP contribution >= 0.6 is 0 Å². The van der Waals surface area contributed by atoms with E-state index in [0.717, 1.165) is 0 Å². The van der Waals surface area contributed by atoms with Gasteiger partial charge in [-0.25, -0.2) is 4.52 Å². The number of aromatic nitrogens is 2. The summed E-state index contributed by atoms with van der Waals surface area (Å²) in [7, 11) is 0. The van der Waals surface area contributed by atoms with Crippen molar-refractivity contribution in [2.24, 2.45) is 0 Å². The average Bonchev–Trinajstić information content (AvgIpc) is 2.86. The second-order valence-corrected chi connectivity index (χ2v) is 5.47. The average molecular weight is 258 g/mol. The molecule has 0 spiro atoms. The summed E-state index contributed by atoms with van der Waals surface area (Å²) in [6.07, 6.45) is 13.4. The van der Waals surface area contributed by atoms with Gasteiger partial charge in [0.2, 0.25) is 0 Å². The Kier molecular flexibility index (Phi) is 5.44. The normalized spacial score (nSPS) is 12.9. The molecule has 2 aromatic rings. The molecule has 0 radical (unpaired) electrons. The zero-order valence-corrected chi connectivity index (χ0v) is 12.3. The molecule has 1 atom stereocenters. The molecular formula is C17H26N2. The van der Waals surface area contributed by atoms with E-state index in [9.17, 15) is 0 Å². The molecule has 104 valence electrons. The Balaban J connectivity index is 2.09. The van der Waals surface area contributed by atoms with Gasteiger partial charge in [-0.05, 0) is 30.9 Å². The zero-order valence-electron chi connectivity index (χ0n) is 12.3. The van der Waals surface area contributed by atoms with E-state index < -0.39 is 0 Å². The molecule has 0 fully saturated rings. The van der Waals surface area contributed by atoms with Crippen LogP contribution in [0.4, 0.5) is 0 Å². The molecule has 0 saturated heterocycles. The number of unbranched alkanes of at least 4 members (excludes halogenated alkanes) is 3.